The number of alkyl halides is 1. The number of anilines is 1. The van der Waals surface area contributed by atoms with E-state index in [1.807, 2.05) is 6.07 Å². The minimum absolute atomic E-state index is 0.199. The van der Waals surface area contributed by atoms with E-state index >= 15 is 4.39 Å². The highest BCUT2D eigenvalue weighted by molar-refractivity contribution is 5.57. The maximum Gasteiger partial charge on any atom is 0.200 e. The Hall–Kier alpha value is -1.28. The molecule has 1 saturated carbocycles. The third kappa shape index (κ3) is 3.03. The van der Waals surface area contributed by atoms with Crippen molar-refractivity contribution in [2.75, 3.05) is 52.8 Å². The first-order chi connectivity index (χ1) is 12.0. The van der Waals surface area contributed by atoms with Crippen LogP contribution in [-0.2, 0) is 21.7 Å². The van der Waals surface area contributed by atoms with Crippen LogP contribution in [0.3, 0.4) is 0 Å². The second-order valence-corrected chi connectivity index (χ2v) is 7.53. The first-order valence-corrected chi connectivity index (χ1v) is 8.98. The standard InChI is InChI=1S/C18H27FN4O2/c1-22-4-6-23(7-5-22)11-12-8-14-16(20-13-9-18(14,19)10-13)21-15(12)17(24-2)25-3/h8,13,17H,4-7,9-11H2,1-3H3,(H,20,21). The fraction of sp³-hybridized carbons (Fsp3) is 0.722. The van der Waals surface area contributed by atoms with Gasteiger partial charge in [-0.25, -0.2) is 9.37 Å². The minimum Gasteiger partial charge on any atom is -0.367 e. The van der Waals surface area contributed by atoms with Crippen LogP contribution in [0.2, 0.25) is 0 Å². The Labute approximate surface area is 148 Å². The normalized spacial score (nSPS) is 29.2. The van der Waals surface area contributed by atoms with Crippen molar-refractivity contribution in [3.8, 4) is 0 Å². The lowest BCUT2D eigenvalue weighted by Gasteiger charge is -2.48. The summed E-state index contributed by atoms with van der Waals surface area (Å²) in [5.41, 5.74) is 1.23. The number of nitrogens with zero attached hydrogens (tertiary/aromatic N) is 3. The SMILES string of the molecule is COC(OC)c1nc2c(cc1CN1CCN(C)CC1)C1(F)CC(C1)N2. The van der Waals surface area contributed by atoms with Crippen LogP contribution >= 0.6 is 0 Å². The first-order valence-electron chi connectivity index (χ1n) is 8.98. The van der Waals surface area contributed by atoms with Crippen LogP contribution in [-0.4, -0.2) is 68.3 Å². The molecule has 7 heteroatoms. The summed E-state index contributed by atoms with van der Waals surface area (Å²) in [6.07, 6.45) is 0.559. The average molecular weight is 350 g/mol. The first kappa shape index (κ1) is 17.1. The zero-order chi connectivity index (χ0) is 17.6. The summed E-state index contributed by atoms with van der Waals surface area (Å²) in [5.74, 6) is 0.654. The van der Waals surface area contributed by atoms with Crippen LogP contribution in [0.25, 0.3) is 0 Å². The van der Waals surface area contributed by atoms with E-state index in [4.69, 9.17) is 14.5 Å². The van der Waals surface area contributed by atoms with E-state index in [2.05, 4.69) is 22.2 Å². The van der Waals surface area contributed by atoms with Gasteiger partial charge in [-0.3, -0.25) is 4.90 Å². The van der Waals surface area contributed by atoms with E-state index in [0.29, 0.717) is 24.2 Å². The molecule has 5 rings (SSSR count). The van der Waals surface area contributed by atoms with Gasteiger partial charge in [-0.1, -0.05) is 0 Å². The second-order valence-electron chi connectivity index (χ2n) is 7.53. The molecule has 0 unspecified atom stereocenters. The summed E-state index contributed by atoms with van der Waals surface area (Å²) in [4.78, 5) is 9.44. The third-order valence-electron chi connectivity index (χ3n) is 5.74. The number of aromatic nitrogens is 1. The van der Waals surface area contributed by atoms with Gasteiger partial charge < -0.3 is 19.7 Å². The summed E-state index contributed by atoms with van der Waals surface area (Å²) in [5, 5.41) is 3.35. The third-order valence-corrected chi connectivity index (χ3v) is 5.74. The molecule has 1 N–H and O–H groups in total. The number of nitrogens with one attached hydrogen (secondary N) is 1. The number of halogens is 1. The number of hydrogen-bond donors (Lipinski definition) is 1. The predicted molar refractivity (Wildman–Crippen MR) is 93.2 cm³/mol. The zero-order valence-corrected chi connectivity index (χ0v) is 15.2. The largest absolute Gasteiger partial charge is 0.367 e. The molecule has 0 amide bonds. The lowest BCUT2D eigenvalue weighted by Crippen LogP contribution is -2.51. The molecule has 2 bridgehead atoms. The van der Waals surface area contributed by atoms with E-state index in [9.17, 15) is 0 Å². The fourth-order valence-corrected chi connectivity index (χ4v) is 4.15. The molecule has 1 aliphatic carbocycles. The highest BCUT2D eigenvalue weighted by Gasteiger charge is 2.52. The summed E-state index contributed by atoms with van der Waals surface area (Å²) in [7, 11) is 5.35. The van der Waals surface area contributed by atoms with Crippen LogP contribution in [0.15, 0.2) is 6.07 Å². The van der Waals surface area contributed by atoms with Crippen LogP contribution in [0.4, 0.5) is 10.2 Å². The van der Waals surface area contributed by atoms with E-state index < -0.39 is 12.0 Å². The average Bonchev–Trinajstić information content (AvgIpc) is 2.58. The van der Waals surface area contributed by atoms with Crippen molar-refractivity contribution in [2.24, 2.45) is 0 Å². The Morgan fingerprint density at radius 3 is 2.60 bits per heavy atom. The molecule has 6 nitrogen and oxygen atoms in total. The Morgan fingerprint density at radius 1 is 1.28 bits per heavy atom. The Bertz CT molecular complexity index is 638. The van der Waals surface area contributed by atoms with Gasteiger partial charge in [0.15, 0.2) is 0 Å². The molecule has 0 aromatic carbocycles. The Morgan fingerprint density at radius 2 is 1.96 bits per heavy atom. The zero-order valence-electron chi connectivity index (χ0n) is 15.2. The highest BCUT2D eigenvalue weighted by atomic mass is 19.1. The molecule has 0 atom stereocenters. The topological polar surface area (TPSA) is 49.9 Å². The number of piperazine rings is 1. The van der Waals surface area contributed by atoms with Gasteiger partial charge in [0.05, 0.1) is 0 Å². The van der Waals surface area contributed by atoms with Gasteiger partial charge in [0.25, 0.3) is 0 Å². The smallest absolute Gasteiger partial charge is 0.200 e. The van der Waals surface area contributed by atoms with E-state index in [1.165, 1.54) is 0 Å². The maximum absolute atomic E-state index is 15.1. The number of pyridine rings is 1. The number of ether oxygens (including phenoxy) is 2. The van der Waals surface area contributed by atoms with Crippen LogP contribution < -0.4 is 5.32 Å². The molecule has 4 heterocycles. The molecular formula is C18H27FN4O2. The molecule has 0 spiro atoms. The molecule has 1 saturated heterocycles. The number of rotatable bonds is 5. The fourth-order valence-electron chi connectivity index (χ4n) is 4.15. The molecule has 25 heavy (non-hydrogen) atoms. The number of likely N-dealkylation sites (N-methyl/N-ethyl adjacent to an activating group) is 1. The van der Waals surface area contributed by atoms with Crippen molar-refractivity contribution in [3.63, 3.8) is 0 Å². The van der Waals surface area contributed by atoms with Crippen molar-refractivity contribution in [3.05, 3.63) is 22.9 Å². The van der Waals surface area contributed by atoms with Gasteiger partial charge in [-0.05, 0) is 18.7 Å². The monoisotopic (exact) mass is 350 g/mol. The summed E-state index contributed by atoms with van der Waals surface area (Å²) < 4.78 is 26.0. The minimum atomic E-state index is -1.22. The predicted octanol–water partition coefficient (Wildman–Crippen LogP) is 1.87. The summed E-state index contributed by atoms with van der Waals surface area (Å²) in [6, 6.07) is 2.19. The molecule has 138 valence electrons. The van der Waals surface area contributed by atoms with Crippen molar-refractivity contribution in [1.29, 1.82) is 0 Å². The molecule has 0 radical (unpaired) electrons. The lowest BCUT2D eigenvalue weighted by atomic mass is 9.69. The molecule has 4 aliphatic rings. The van der Waals surface area contributed by atoms with Gasteiger partial charge in [-0.2, -0.15) is 0 Å². The van der Waals surface area contributed by atoms with Crippen LogP contribution in [0, 0.1) is 0 Å². The summed E-state index contributed by atoms with van der Waals surface area (Å²) >= 11 is 0. The van der Waals surface area contributed by atoms with E-state index in [1.54, 1.807) is 14.2 Å². The van der Waals surface area contributed by atoms with Gasteiger partial charge in [0.1, 0.15) is 17.2 Å². The highest BCUT2D eigenvalue weighted by Crippen LogP contribution is 2.53. The number of hydrogen-bond acceptors (Lipinski definition) is 6. The quantitative estimate of drug-likeness (QED) is 0.819. The maximum atomic E-state index is 15.1. The van der Waals surface area contributed by atoms with Crippen molar-refractivity contribution in [2.45, 2.75) is 37.4 Å². The van der Waals surface area contributed by atoms with Gasteiger partial charge >= 0.3 is 0 Å². The Balaban J connectivity index is 1.67. The lowest BCUT2D eigenvalue weighted by molar-refractivity contribution is -0.109. The van der Waals surface area contributed by atoms with E-state index in [-0.39, 0.29) is 6.04 Å². The number of methoxy groups -OCH3 is 2. The van der Waals surface area contributed by atoms with Gasteiger partial charge in [0.2, 0.25) is 6.29 Å². The van der Waals surface area contributed by atoms with E-state index in [0.717, 1.165) is 44.0 Å². The molecule has 2 fully saturated rings. The molecule has 3 aliphatic heterocycles. The van der Waals surface area contributed by atoms with Crippen molar-refractivity contribution in [1.82, 2.24) is 14.8 Å². The van der Waals surface area contributed by atoms with Gasteiger partial charge in [0, 0.05) is 71.4 Å². The molecule has 1 aromatic rings. The summed E-state index contributed by atoms with van der Waals surface area (Å²) in [6.45, 7) is 4.83. The Kier molecular flexibility index (Phi) is 4.43. The second kappa shape index (κ2) is 6.46. The van der Waals surface area contributed by atoms with Gasteiger partial charge in [-0.15, -0.1) is 0 Å². The van der Waals surface area contributed by atoms with Crippen LogP contribution in [0.1, 0.15) is 36.0 Å². The molecular weight excluding hydrogens is 323 g/mol. The molecule has 1 aromatic heterocycles. The van der Waals surface area contributed by atoms with Crippen molar-refractivity contribution >= 4 is 5.82 Å². The van der Waals surface area contributed by atoms with Crippen LogP contribution in [0.5, 0.6) is 0 Å². The van der Waals surface area contributed by atoms with Crippen molar-refractivity contribution < 1.29 is 13.9 Å².